The highest BCUT2D eigenvalue weighted by atomic mass is 16.5. The Hall–Kier alpha value is -4.26. The average Bonchev–Trinajstić information content (AvgIpc) is 2.80. The SMILES string of the molecule is C[C@@H](OC(=O)c1nn(-c2ccccc2)c(=O)c2ccccc12)C(=O)Nc1ccccc1. The number of carbonyl (C=O) groups excluding carboxylic acids is 2. The highest BCUT2D eigenvalue weighted by Gasteiger charge is 2.23. The van der Waals surface area contributed by atoms with Crippen molar-refractivity contribution in [2.75, 3.05) is 5.32 Å². The summed E-state index contributed by atoms with van der Waals surface area (Å²) in [6.07, 6.45) is -1.06. The van der Waals surface area contributed by atoms with Crippen LogP contribution in [0.3, 0.4) is 0 Å². The second-order valence-corrected chi connectivity index (χ2v) is 6.85. The van der Waals surface area contributed by atoms with Gasteiger partial charge in [-0.15, -0.1) is 0 Å². The predicted molar refractivity (Wildman–Crippen MR) is 117 cm³/mol. The number of fused-ring (bicyclic) bond motifs is 1. The molecule has 31 heavy (non-hydrogen) atoms. The van der Waals surface area contributed by atoms with Gasteiger partial charge in [0.2, 0.25) is 0 Å². The van der Waals surface area contributed by atoms with Gasteiger partial charge in [0.1, 0.15) is 0 Å². The van der Waals surface area contributed by atoms with Crippen molar-refractivity contribution < 1.29 is 14.3 Å². The molecular weight excluding hydrogens is 394 g/mol. The number of para-hydroxylation sites is 2. The van der Waals surface area contributed by atoms with Gasteiger partial charge in [0, 0.05) is 11.1 Å². The van der Waals surface area contributed by atoms with Gasteiger partial charge in [0.15, 0.2) is 11.8 Å². The first-order chi connectivity index (χ1) is 15.0. The minimum atomic E-state index is -1.06. The summed E-state index contributed by atoms with van der Waals surface area (Å²) >= 11 is 0. The largest absolute Gasteiger partial charge is 0.448 e. The molecule has 0 aliphatic rings. The molecule has 4 rings (SSSR count). The monoisotopic (exact) mass is 413 g/mol. The van der Waals surface area contributed by atoms with E-state index in [1.165, 1.54) is 6.92 Å². The lowest BCUT2D eigenvalue weighted by Crippen LogP contribution is -2.31. The molecule has 0 saturated carbocycles. The van der Waals surface area contributed by atoms with Gasteiger partial charge >= 0.3 is 5.97 Å². The molecule has 0 aliphatic heterocycles. The van der Waals surface area contributed by atoms with E-state index in [4.69, 9.17) is 4.74 Å². The zero-order chi connectivity index (χ0) is 21.8. The number of nitrogens with one attached hydrogen (secondary N) is 1. The molecule has 3 aromatic carbocycles. The van der Waals surface area contributed by atoms with Gasteiger partial charge in [0.25, 0.3) is 11.5 Å². The van der Waals surface area contributed by atoms with Crippen LogP contribution in [0.25, 0.3) is 16.5 Å². The average molecular weight is 413 g/mol. The summed E-state index contributed by atoms with van der Waals surface area (Å²) in [6, 6.07) is 24.3. The van der Waals surface area contributed by atoms with Crippen LogP contribution in [-0.2, 0) is 9.53 Å². The number of rotatable bonds is 5. The second kappa shape index (κ2) is 8.62. The van der Waals surface area contributed by atoms with Crippen LogP contribution in [0.15, 0.2) is 89.7 Å². The van der Waals surface area contributed by atoms with Gasteiger partial charge in [-0.05, 0) is 37.3 Å². The van der Waals surface area contributed by atoms with E-state index in [-0.39, 0.29) is 11.3 Å². The third kappa shape index (κ3) is 4.20. The van der Waals surface area contributed by atoms with Crippen LogP contribution in [0.1, 0.15) is 17.4 Å². The predicted octanol–water partition coefficient (Wildman–Crippen LogP) is 3.57. The highest BCUT2D eigenvalue weighted by molar-refractivity contribution is 6.03. The summed E-state index contributed by atoms with van der Waals surface area (Å²) in [5.41, 5.74) is 0.713. The van der Waals surface area contributed by atoms with Gasteiger partial charge < -0.3 is 10.1 Å². The maximum atomic E-state index is 12.9. The van der Waals surface area contributed by atoms with Crippen molar-refractivity contribution in [1.29, 1.82) is 0 Å². The third-order valence-electron chi connectivity index (χ3n) is 4.69. The summed E-state index contributed by atoms with van der Waals surface area (Å²) in [5.74, 6) is -1.27. The van der Waals surface area contributed by atoms with E-state index in [2.05, 4.69) is 10.4 Å². The Kier molecular flexibility index (Phi) is 5.57. The maximum Gasteiger partial charge on any atom is 0.360 e. The van der Waals surface area contributed by atoms with E-state index >= 15 is 0 Å². The van der Waals surface area contributed by atoms with Gasteiger partial charge in [-0.3, -0.25) is 9.59 Å². The van der Waals surface area contributed by atoms with Crippen LogP contribution in [0.5, 0.6) is 0 Å². The number of nitrogens with zero attached hydrogens (tertiary/aromatic N) is 2. The molecule has 0 fully saturated rings. The lowest BCUT2D eigenvalue weighted by molar-refractivity contribution is -0.123. The van der Waals surface area contributed by atoms with Crippen LogP contribution in [0, 0.1) is 0 Å². The standard InChI is InChI=1S/C24H19N3O4/c1-16(22(28)25-17-10-4-2-5-11-17)31-24(30)21-19-14-8-9-15-20(19)23(29)27(26-21)18-12-6-3-7-13-18/h2-16H,1H3,(H,25,28)/t16-/m1/s1. The lowest BCUT2D eigenvalue weighted by Gasteiger charge is -2.15. The van der Waals surface area contributed by atoms with Crippen molar-refractivity contribution in [2.24, 2.45) is 0 Å². The summed E-state index contributed by atoms with van der Waals surface area (Å²) in [4.78, 5) is 38.3. The van der Waals surface area contributed by atoms with E-state index in [1.54, 1.807) is 72.8 Å². The molecule has 7 nitrogen and oxygen atoms in total. The Bertz CT molecular complexity index is 1300. The number of hydrogen-bond acceptors (Lipinski definition) is 5. The summed E-state index contributed by atoms with van der Waals surface area (Å²) < 4.78 is 6.54. The summed E-state index contributed by atoms with van der Waals surface area (Å²) in [5, 5.41) is 7.65. The van der Waals surface area contributed by atoms with Crippen LogP contribution < -0.4 is 10.9 Å². The van der Waals surface area contributed by atoms with Gasteiger partial charge in [-0.25, -0.2) is 4.79 Å². The summed E-state index contributed by atoms with van der Waals surface area (Å²) in [7, 11) is 0. The molecule has 0 aliphatic carbocycles. The number of anilines is 1. The zero-order valence-corrected chi connectivity index (χ0v) is 16.7. The van der Waals surface area contributed by atoms with E-state index in [0.29, 0.717) is 22.1 Å². The normalized spacial score (nSPS) is 11.6. The number of aromatic nitrogens is 2. The van der Waals surface area contributed by atoms with Gasteiger partial charge in [-0.2, -0.15) is 9.78 Å². The molecule has 154 valence electrons. The summed E-state index contributed by atoms with van der Waals surface area (Å²) in [6.45, 7) is 1.48. The first-order valence-electron chi connectivity index (χ1n) is 9.69. The van der Waals surface area contributed by atoms with Crippen molar-refractivity contribution in [2.45, 2.75) is 13.0 Å². The second-order valence-electron chi connectivity index (χ2n) is 6.85. The van der Waals surface area contributed by atoms with Gasteiger partial charge in [0.05, 0.1) is 11.1 Å². The molecule has 0 radical (unpaired) electrons. The topological polar surface area (TPSA) is 90.3 Å². The quantitative estimate of drug-likeness (QED) is 0.505. The molecule has 1 heterocycles. The minimum Gasteiger partial charge on any atom is -0.448 e. The Morgan fingerprint density at radius 3 is 2.13 bits per heavy atom. The Morgan fingerprint density at radius 2 is 1.45 bits per heavy atom. The van der Waals surface area contributed by atoms with Crippen LogP contribution in [-0.4, -0.2) is 27.8 Å². The molecule has 1 N–H and O–H groups in total. The molecule has 0 spiro atoms. The van der Waals surface area contributed by atoms with Crippen molar-refractivity contribution in [3.8, 4) is 5.69 Å². The van der Waals surface area contributed by atoms with Gasteiger partial charge in [-0.1, -0.05) is 54.6 Å². The van der Waals surface area contributed by atoms with Crippen molar-refractivity contribution in [1.82, 2.24) is 9.78 Å². The fourth-order valence-corrected chi connectivity index (χ4v) is 3.12. The molecule has 4 aromatic rings. The Labute approximate surface area is 177 Å². The maximum absolute atomic E-state index is 12.9. The molecule has 7 heteroatoms. The van der Waals surface area contributed by atoms with Crippen molar-refractivity contribution in [3.05, 3.63) is 101 Å². The fraction of sp³-hybridized carbons (Fsp3) is 0.0833. The smallest absolute Gasteiger partial charge is 0.360 e. The Morgan fingerprint density at radius 1 is 0.871 bits per heavy atom. The number of benzene rings is 3. The number of esters is 1. The van der Waals surface area contributed by atoms with E-state index in [9.17, 15) is 14.4 Å². The van der Waals surface area contributed by atoms with E-state index < -0.39 is 18.0 Å². The fourth-order valence-electron chi connectivity index (χ4n) is 3.12. The van der Waals surface area contributed by atoms with Crippen LogP contribution in [0.4, 0.5) is 5.69 Å². The van der Waals surface area contributed by atoms with Crippen LogP contribution in [0.2, 0.25) is 0 Å². The molecule has 0 saturated heterocycles. The highest BCUT2D eigenvalue weighted by Crippen LogP contribution is 2.17. The molecule has 0 unspecified atom stereocenters. The van der Waals surface area contributed by atoms with Crippen molar-refractivity contribution >= 4 is 28.3 Å². The van der Waals surface area contributed by atoms with Crippen LogP contribution >= 0.6 is 0 Å². The lowest BCUT2D eigenvalue weighted by atomic mass is 10.1. The molecule has 1 amide bonds. The van der Waals surface area contributed by atoms with E-state index in [0.717, 1.165) is 4.68 Å². The minimum absolute atomic E-state index is 0.0431. The number of ether oxygens (including phenoxy) is 1. The zero-order valence-electron chi connectivity index (χ0n) is 16.7. The molecular formula is C24H19N3O4. The van der Waals surface area contributed by atoms with E-state index in [1.807, 2.05) is 12.1 Å². The van der Waals surface area contributed by atoms with Crippen molar-refractivity contribution in [3.63, 3.8) is 0 Å². The third-order valence-corrected chi connectivity index (χ3v) is 4.69. The number of hydrogen-bond donors (Lipinski definition) is 1. The first-order valence-corrected chi connectivity index (χ1v) is 9.69. The molecule has 1 aromatic heterocycles. The number of carbonyl (C=O) groups is 2. The first kappa shape index (κ1) is 20.0. The Balaban J connectivity index is 1.67. The molecule has 1 atom stereocenters. The molecule has 0 bridgehead atoms. The number of amides is 1.